The number of hydrogen-bond donors (Lipinski definition) is 4. The molecule has 2 heterocycles. The zero-order chi connectivity index (χ0) is 28.3. The van der Waals surface area contributed by atoms with Crippen molar-refractivity contribution >= 4 is 15.9 Å². The molecule has 0 aromatic heterocycles. The second kappa shape index (κ2) is 12.0. The number of benzene rings is 2. The molecule has 3 fully saturated rings. The van der Waals surface area contributed by atoms with Gasteiger partial charge in [0.25, 0.3) is 5.06 Å². The summed E-state index contributed by atoms with van der Waals surface area (Å²) in [6.45, 7) is 0.686. The van der Waals surface area contributed by atoms with Crippen LogP contribution in [0.25, 0.3) is 0 Å². The van der Waals surface area contributed by atoms with E-state index in [0.29, 0.717) is 25.9 Å². The van der Waals surface area contributed by atoms with Crippen LogP contribution in [-0.2, 0) is 35.2 Å². The lowest BCUT2D eigenvalue weighted by atomic mass is 10.00. The Balaban J connectivity index is 1.44. The van der Waals surface area contributed by atoms with Gasteiger partial charge in [0.15, 0.2) is 6.29 Å². The van der Waals surface area contributed by atoms with E-state index < -0.39 is 51.6 Å². The number of phenols is 1. The third-order valence-electron chi connectivity index (χ3n) is 7.86. The van der Waals surface area contributed by atoms with Gasteiger partial charge in [0.2, 0.25) is 9.84 Å². The SMILES string of the molecule is NC(OC1CCCC1)([C@H](O)[C@H](Cc1ccccc1)NC(=O)O[C@H]1CO[C@H]2OCC[C@H]21)S(=O)(=O)c1ccc(O)cc1. The summed E-state index contributed by atoms with van der Waals surface area (Å²) in [5, 5.41) is 21.5. The van der Waals surface area contributed by atoms with Crippen molar-refractivity contribution in [3.63, 3.8) is 0 Å². The molecule has 1 unspecified atom stereocenters. The van der Waals surface area contributed by atoms with Gasteiger partial charge in [-0.15, -0.1) is 0 Å². The first kappa shape index (κ1) is 28.8. The Hall–Kier alpha value is -2.74. The Bertz CT molecular complexity index is 1250. The number of amides is 1. The molecule has 11 nitrogen and oxygen atoms in total. The number of aromatic hydroxyl groups is 1. The first-order valence-electron chi connectivity index (χ1n) is 13.6. The van der Waals surface area contributed by atoms with Crippen LogP contribution in [0, 0.1) is 5.92 Å². The molecule has 2 saturated heterocycles. The fourth-order valence-corrected chi connectivity index (χ4v) is 7.24. The molecule has 0 spiro atoms. The van der Waals surface area contributed by atoms with Crippen LogP contribution < -0.4 is 11.1 Å². The van der Waals surface area contributed by atoms with Crippen molar-refractivity contribution in [2.75, 3.05) is 13.2 Å². The lowest BCUT2D eigenvalue weighted by Crippen LogP contribution is -2.66. The second-order valence-electron chi connectivity index (χ2n) is 10.6. The summed E-state index contributed by atoms with van der Waals surface area (Å²) in [7, 11) is -4.55. The molecule has 3 aliphatic rings. The number of nitrogens with two attached hydrogens (primary N) is 1. The highest BCUT2D eigenvalue weighted by molar-refractivity contribution is 7.92. The predicted octanol–water partition coefficient (Wildman–Crippen LogP) is 2.20. The molecule has 1 aliphatic carbocycles. The molecule has 0 bridgehead atoms. The molecule has 1 amide bonds. The van der Waals surface area contributed by atoms with Gasteiger partial charge < -0.3 is 34.5 Å². The van der Waals surface area contributed by atoms with Crippen LogP contribution in [0.4, 0.5) is 4.79 Å². The van der Waals surface area contributed by atoms with Crippen molar-refractivity contribution < 1.29 is 42.4 Å². The number of ether oxygens (including phenoxy) is 4. The Morgan fingerprint density at radius 1 is 1.07 bits per heavy atom. The average Bonchev–Trinajstić information content (AvgIpc) is 3.69. The standard InChI is InChI=1S/C28H36N2O9S/c29-28(39-20-8-4-5-9-20,40(34,35)21-12-10-19(31)11-13-21)25(32)23(16-18-6-2-1-3-7-18)30-27(33)38-24-17-37-26-22(24)14-15-36-26/h1-3,6-7,10-13,20,22-26,31-32H,4-5,8-9,14-17,29H2,(H,30,33)/t22-,23-,24-,25+,26+,28?/m0/s1. The van der Waals surface area contributed by atoms with E-state index in [4.69, 9.17) is 24.7 Å². The van der Waals surface area contributed by atoms with E-state index in [0.717, 1.165) is 18.4 Å². The number of carbonyl (C=O) groups is 1. The predicted molar refractivity (Wildman–Crippen MR) is 143 cm³/mol. The second-order valence-corrected chi connectivity index (χ2v) is 12.7. The van der Waals surface area contributed by atoms with Gasteiger partial charge in [-0.2, -0.15) is 0 Å². The maximum absolute atomic E-state index is 14.0. The van der Waals surface area contributed by atoms with Crippen molar-refractivity contribution in [3.8, 4) is 5.75 Å². The van der Waals surface area contributed by atoms with E-state index in [1.807, 2.05) is 6.07 Å². The average molecular weight is 577 g/mol. The zero-order valence-corrected chi connectivity index (χ0v) is 22.9. The van der Waals surface area contributed by atoms with E-state index in [9.17, 15) is 23.4 Å². The van der Waals surface area contributed by atoms with Crippen molar-refractivity contribution in [1.82, 2.24) is 5.32 Å². The van der Waals surface area contributed by atoms with Crippen molar-refractivity contribution in [3.05, 3.63) is 60.2 Å². The van der Waals surface area contributed by atoms with Gasteiger partial charge in [0.1, 0.15) is 18.0 Å². The van der Waals surface area contributed by atoms with Gasteiger partial charge in [-0.3, -0.25) is 5.73 Å². The molecule has 0 radical (unpaired) electrons. The number of nitrogens with one attached hydrogen (secondary N) is 1. The van der Waals surface area contributed by atoms with E-state index in [2.05, 4.69) is 5.32 Å². The summed E-state index contributed by atoms with van der Waals surface area (Å²) >= 11 is 0. The Kier molecular flexibility index (Phi) is 8.64. The van der Waals surface area contributed by atoms with Crippen molar-refractivity contribution in [2.24, 2.45) is 11.7 Å². The highest BCUT2D eigenvalue weighted by atomic mass is 32.2. The molecule has 40 heavy (non-hydrogen) atoms. The molecule has 2 aromatic carbocycles. The normalized spacial score (nSPS) is 26.1. The fraction of sp³-hybridized carbons (Fsp3) is 0.536. The molecule has 218 valence electrons. The first-order chi connectivity index (χ1) is 19.2. The van der Waals surface area contributed by atoms with E-state index in [-0.39, 0.29) is 29.6 Å². The molecule has 5 N–H and O–H groups in total. The Morgan fingerprint density at radius 3 is 2.48 bits per heavy atom. The van der Waals surface area contributed by atoms with E-state index in [1.54, 1.807) is 24.3 Å². The van der Waals surface area contributed by atoms with Gasteiger partial charge in [0.05, 0.1) is 36.2 Å². The minimum atomic E-state index is -4.55. The molecule has 1 saturated carbocycles. The first-order valence-corrected chi connectivity index (χ1v) is 15.1. The summed E-state index contributed by atoms with van der Waals surface area (Å²) in [5.41, 5.74) is 7.31. The highest BCUT2D eigenvalue weighted by Gasteiger charge is 2.54. The number of aliphatic hydroxyl groups excluding tert-OH is 1. The number of sulfone groups is 1. The fourth-order valence-electron chi connectivity index (χ4n) is 5.63. The maximum atomic E-state index is 14.0. The van der Waals surface area contributed by atoms with Crippen LogP contribution in [0.3, 0.4) is 0 Å². The largest absolute Gasteiger partial charge is 0.508 e. The quantitative estimate of drug-likeness (QED) is 0.308. The van der Waals surface area contributed by atoms with Gasteiger partial charge >= 0.3 is 6.09 Å². The summed E-state index contributed by atoms with van der Waals surface area (Å²) in [6, 6.07) is 12.6. The van der Waals surface area contributed by atoms with Crippen LogP contribution >= 0.6 is 0 Å². The molecule has 2 aliphatic heterocycles. The van der Waals surface area contributed by atoms with E-state index in [1.165, 1.54) is 24.3 Å². The van der Waals surface area contributed by atoms with Crippen molar-refractivity contribution in [2.45, 2.75) is 79.1 Å². The Labute approximate surface area is 233 Å². The number of aliphatic hydroxyl groups is 1. The summed E-state index contributed by atoms with van der Waals surface area (Å²) in [6.07, 6.45) is -0.623. The van der Waals surface area contributed by atoms with Crippen LogP contribution in [0.2, 0.25) is 0 Å². The minimum absolute atomic E-state index is 0.0471. The molecular formula is C28H36N2O9S. The van der Waals surface area contributed by atoms with Crippen LogP contribution in [-0.4, -0.2) is 73.6 Å². The number of hydrogen-bond acceptors (Lipinski definition) is 10. The lowest BCUT2D eigenvalue weighted by Gasteiger charge is -2.39. The lowest BCUT2D eigenvalue weighted by molar-refractivity contribution is -0.110. The highest BCUT2D eigenvalue weighted by Crippen LogP contribution is 2.35. The smallest absolute Gasteiger partial charge is 0.407 e. The van der Waals surface area contributed by atoms with Crippen molar-refractivity contribution in [1.29, 1.82) is 0 Å². The van der Waals surface area contributed by atoms with Crippen LogP contribution in [0.1, 0.15) is 37.7 Å². The van der Waals surface area contributed by atoms with Gasteiger partial charge in [-0.25, -0.2) is 13.2 Å². The monoisotopic (exact) mass is 576 g/mol. The van der Waals surface area contributed by atoms with Crippen LogP contribution in [0.15, 0.2) is 59.5 Å². The minimum Gasteiger partial charge on any atom is -0.508 e. The summed E-state index contributed by atoms with van der Waals surface area (Å²) < 4.78 is 50.7. The third-order valence-corrected chi connectivity index (χ3v) is 9.93. The molecule has 6 atom stereocenters. The zero-order valence-electron chi connectivity index (χ0n) is 22.1. The number of phenolic OH excluding ortho intramolecular Hbond substituents is 1. The summed E-state index contributed by atoms with van der Waals surface area (Å²) in [4.78, 5) is 12.9. The van der Waals surface area contributed by atoms with Gasteiger partial charge in [-0.1, -0.05) is 43.2 Å². The molecular weight excluding hydrogens is 540 g/mol. The van der Waals surface area contributed by atoms with E-state index >= 15 is 0 Å². The number of fused-ring (bicyclic) bond motifs is 1. The maximum Gasteiger partial charge on any atom is 0.407 e. The van der Waals surface area contributed by atoms with Gasteiger partial charge in [0, 0.05) is 0 Å². The van der Waals surface area contributed by atoms with Crippen LogP contribution in [0.5, 0.6) is 5.75 Å². The number of carbonyl (C=O) groups excluding carboxylic acids is 1. The summed E-state index contributed by atoms with van der Waals surface area (Å²) in [5.74, 6) is -0.228. The Morgan fingerprint density at radius 2 is 1.77 bits per heavy atom. The molecule has 5 rings (SSSR count). The topological polar surface area (TPSA) is 167 Å². The third kappa shape index (κ3) is 5.97. The number of alkyl carbamates (subject to hydrolysis) is 1. The van der Waals surface area contributed by atoms with Gasteiger partial charge in [-0.05, 0) is 55.5 Å². The molecule has 2 aromatic rings. The molecule has 12 heteroatoms. The number of rotatable bonds is 10.